The van der Waals surface area contributed by atoms with Gasteiger partial charge in [0.05, 0.1) is 0 Å². The molecule has 7 heteroatoms. The molecule has 0 saturated heterocycles. The number of nitrogens with zero attached hydrogens (tertiary/aromatic N) is 3. The van der Waals surface area contributed by atoms with E-state index in [1.165, 1.54) is 12.5 Å². The molecule has 0 aromatic carbocycles. The van der Waals surface area contributed by atoms with E-state index in [9.17, 15) is 4.79 Å². The van der Waals surface area contributed by atoms with E-state index in [0.717, 1.165) is 0 Å². The maximum atomic E-state index is 10.9. The Labute approximate surface area is 89.6 Å². The van der Waals surface area contributed by atoms with Gasteiger partial charge in [0.1, 0.15) is 0 Å². The number of hydrogen-bond acceptors (Lipinski definition) is 5. The fourth-order valence-corrected chi connectivity index (χ4v) is 1.40. The van der Waals surface area contributed by atoms with Crippen molar-refractivity contribution in [2.75, 3.05) is 0 Å². The molecule has 0 atom stereocenters. The first-order chi connectivity index (χ1) is 7.25. The molecular formula is C8H8N4O2S. The Bertz CT molecular complexity index is 542. The third kappa shape index (κ3) is 2.38. The number of nitrogens with one attached hydrogen (secondary N) is 1. The van der Waals surface area contributed by atoms with Crippen LogP contribution in [0.2, 0.25) is 0 Å². The summed E-state index contributed by atoms with van der Waals surface area (Å²) in [6.07, 6.45) is 3.53. The Morgan fingerprint density at radius 2 is 2.47 bits per heavy atom. The third-order valence-corrected chi connectivity index (χ3v) is 2.22. The van der Waals surface area contributed by atoms with E-state index < -0.39 is 0 Å². The molecule has 15 heavy (non-hydrogen) atoms. The zero-order valence-corrected chi connectivity index (χ0v) is 8.53. The van der Waals surface area contributed by atoms with Crippen molar-refractivity contribution in [1.82, 2.24) is 19.7 Å². The van der Waals surface area contributed by atoms with Crippen molar-refractivity contribution in [3.63, 3.8) is 0 Å². The number of aromatic nitrogens is 4. The lowest BCUT2D eigenvalue weighted by Crippen LogP contribution is -2.12. The highest BCUT2D eigenvalue weighted by atomic mass is 32.1. The zero-order chi connectivity index (χ0) is 10.7. The van der Waals surface area contributed by atoms with Gasteiger partial charge in [-0.05, 0) is 12.2 Å². The summed E-state index contributed by atoms with van der Waals surface area (Å²) in [5, 5.41) is 3.67. The van der Waals surface area contributed by atoms with E-state index in [-0.39, 0.29) is 5.56 Å². The van der Waals surface area contributed by atoms with Gasteiger partial charge in [0.25, 0.3) is 5.56 Å². The Morgan fingerprint density at radius 1 is 1.60 bits per heavy atom. The van der Waals surface area contributed by atoms with Gasteiger partial charge in [-0.15, -0.1) is 0 Å². The molecule has 6 nitrogen and oxygen atoms in total. The summed E-state index contributed by atoms with van der Waals surface area (Å²) in [5.74, 6) is 0.614. The van der Waals surface area contributed by atoms with Gasteiger partial charge in [0.2, 0.25) is 6.39 Å². The first kappa shape index (κ1) is 9.78. The van der Waals surface area contributed by atoms with Crippen LogP contribution in [0.5, 0.6) is 0 Å². The molecule has 0 radical (unpaired) electrons. The van der Waals surface area contributed by atoms with Crippen LogP contribution in [0.15, 0.2) is 28.0 Å². The van der Waals surface area contributed by atoms with Crippen LogP contribution >= 0.6 is 12.2 Å². The van der Waals surface area contributed by atoms with Gasteiger partial charge >= 0.3 is 0 Å². The topological polar surface area (TPSA) is 76.7 Å². The molecule has 0 saturated carbocycles. The molecule has 0 aliphatic carbocycles. The minimum absolute atomic E-state index is 0.198. The van der Waals surface area contributed by atoms with Crippen LogP contribution in [0, 0.1) is 4.77 Å². The van der Waals surface area contributed by atoms with Gasteiger partial charge in [-0.25, -0.2) is 0 Å². The Kier molecular flexibility index (Phi) is 2.72. The van der Waals surface area contributed by atoms with Crippen molar-refractivity contribution < 1.29 is 4.52 Å². The first-order valence-electron chi connectivity index (χ1n) is 4.31. The molecule has 0 amide bonds. The molecule has 2 heterocycles. The molecule has 2 rings (SSSR count). The van der Waals surface area contributed by atoms with E-state index in [4.69, 9.17) is 12.2 Å². The van der Waals surface area contributed by atoms with Gasteiger partial charge in [0.15, 0.2) is 10.6 Å². The number of H-pyrrole nitrogens is 1. The Morgan fingerprint density at radius 3 is 3.13 bits per heavy atom. The van der Waals surface area contributed by atoms with Gasteiger partial charge in [-0.3, -0.25) is 9.78 Å². The van der Waals surface area contributed by atoms with Crippen molar-refractivity contribution in [1.29, 1.82) is 0 Å². The molecule has 1 N–H and O–H groups in total. The maximum absolute atomic E-state index is 10.9. The summed E-state index contributed by atoms with van der Waals surface area (Å²) in [4.78, 5) is 17.3. The minimum atomic E-state index is -0.198. The van der Waals surface area contributed by atoms with E-state index in [1.54, 1.807) is 10.8 Å². The molecule has 78 valence electrons. The second-order valence-corrected chi connectivity index (χ2v) is 3.29. The highest BCUT2D eigenvalue weighted by Gasteiger charge is 1.99. The van der Waals surface area contributed by atoms with Gasteiger partial charge in [-0.2, -0.15) is 4.98 Å². The lowest BCUT2D eigenvalue weighted by Gasteiger charge is -2.02. The highest BCUT2D eigenvalue weighted by molar-refractivity contribution is 7.71. The average Bonchev–Trinajstić information content (AvgIpc) is 2.69. The predicted molar refractivity (Wildman–Crippen MR) is 53.9 cm³/mol. The predicted octanol–water partition coefficient (Wildman–Crippen LogP) is 0.532. The van der Waals surface area contributed by atoms with Crippen LogP contribution in [0.25, 0.3) is 0 Å². The van der Waals surface area contributed by atoms with Crippen LogP contribution in [0.4, 0.5) is 0 Å². The minimum Gasteiger partial charge on any atom is -0.343 e. The molecule has 0 unspecified atom stereocenters. The summed E-state index contributed by atoms with van der Waals surface area (Å²) >= 11 is 4.98. The summed E-state index contributed by atoms with van der Waals surface area (Å²) in [6.45, 7) is 0.606. The van der Waals surface area contributed by atoms with Crippen LogP contribution in [0.3, 0.4) is 0 Å². The van der Waals surface area contributed by atoms with E-state index in [1.807, 2.05) is 0 Å². The van der Waals surface area contributed by atoms with Gasteiger partial charge in [-0.1, -0.05) is 5.16 Å². The quantitative estimate of drug-likeness (QED) is 0.769. The van der Waals surface area contributed by atoms with Crippen LogP contribution < -0.4 is 5.56 Å². The van der Waals surface area contributed by atoms with Crippen LogP contribution in [-0.4, -0.2) is 19.7 Å². The lowest BCUT2D eigenvalue weighted by atomic mass is 10.4. The number of aryl methyl sites for hydroxylation is 2. The molecular weight excluding hydrogens is 216 g/mol. The van der Waals surface area contributed by atoms with E-state index in [2.05, 4.69) is 19.6 Å². The number of rotatable bonds is 3. The van der Waals surface area contributed by atoms with Crippen molar-refractivity contribution in [2.24, 2.45) is 0 Å². The second-order valence-electron chi connectivity index (χ2n) is 2.90. The van der Waals surface area contributed by atoms with Crippen LogP contribution in [-0.2, 0) is 13.0 Å². The van der Waals surface area contributed by atoms with Crippen molar-refractivity contribution in [2.45, 2.75) is 13.0 Å². The van der Waals surface area contributed by atoms with Crippen LogP contribution in [0.1, 0.15) is 5.82 Å². The summed E-state index contributed by atoms with van der Waals surface area (Å²) in [7, 11) is 0. The fourth-order valence-electron chi connectivity index (χ4n) is 1.14. The Hall–Kier alpha value is -1.76. The number of hydrogen-bond donors (Lipinski definition) is 1. The third-order valence-electron chi connectivity index (χ3n) is 1.88. The maximum Gasteiger partial charge on any atom is 0.251 e. The molecule has 2 aromatic rings. The van der Waals surface area contributed by atoms with Crippen molar-refractivity contribution >= 4 is 12.2 Å². The summed E-state index contributed by atoms with van der Waals surface area (Å²) in [5.41, 5.74) is -0.198. The smallest absolute Gasteiger partial charge is 0.251 e. The first-order valence-corrected chi connectivity index (χ1v) is 4.71. The molecule has 0 fully saturated rings. The SMILES string of the molecule is O=c1ccn(CCc2ncon2)c(=S)[nH]1. The lowest BCUT2D eigenvalue weighted by molar-refractivity contribution is 0.408. The zero-order valence-electron chi connectivity index (χ0n) is 7.71. The van der Waals surface area contributed by atoms with Crippen molar-refractivity contribution in [3.05, 3.63) is 39.6 Å². The number of aromatic amines is 1. The largest absolute Gasteiger partial charge is 0.343 e. The summed E-state index contributed by atoms with van der Waals surface area (Å²) < 4.78 is 6.74. The summed E-state index contributed by atoms with van der Waals surface area (Å²) in [6, 6.07) is 1.42. The van der Waals surface area contributed by atoms with E-state index >= 15 is 0 Å². The molecule has 0 spiro atoms. The van der Waals surface area contributed by atoms with Gasteiger partial charge < -0.3 is 9.09 Å². The molecule has 0 aliphatic rings. The fraction of sp³-hybridized carbons (Fsp3) is 0.250. The average molecular weight is 224 g/mol. The Balaban J connectivity index is 2.12. The monoisotopic (exact) mass is 224 g/mol. The normalized spacial score (nSPS) is 10.4. The molecule has 0 bridgehead atoms. The molecule has 0 aliphatic heterocycles. The highest BCUT2D eigenvalue weighted by Crippen LogP contribution is 1.94. The standard InChI is InChI=1S/C8H8N4O2S/c13-7-2-4-12(8(15)10-7)3-1-6-9-5-14-11-6/h2,4-5H,1,3H2,(H,10,13,15). The van der Waals surface area contributed by atoms with E-state index in [0.29, 0.717) is 23.6 Å². The van der Waals surface area contributed by atoms with Gasteiger partial charge in [0, 0.05) is 25.2 Å². The second kappa shape index (κ2) is 4.18. The molecule has 2 aromatic heterocycles. The van der Waals surface area contributed by atoms with Crippen molar-refractivity contribution in [3.8, 4) is 0 Å².